The molecule has 6 nitrogen and oxygen atoms in total. The number of carbonyl (C=O) groups is 2. The van der Waals surface area contributed by atoms with Crippen LogP contribution < -0.4 is 10.6 Å². The first-order valence-corrected chi connectivity index (χ1v) is 5.01. The summed E-state index contributed by atoms with van der Waals surface area (Å²) in [6, 6.07) is 5.31. The summed E-state index contributed by atoms with van der Waals surface area (Å²) >= 11 is 0. The van der Waals surface area contributed by atoms with E-state index >= 15 is 0 Å². The van der Waals surface area contributed by atoms with E-state index in [9.17, 15) is 14.7 Å². The Bertz CT molecular complexity index is 433. The zero-order valence-electron chi connectivity index (χ0n) is 9.33. The van der Waals surface area contributed by atoms with Gasteiger partial charge in [-0.15, -0.1) is 0 Å². The highest BCUT2D eigenvalue weighted by atomic mass is 16.4. The van der Waals surface area contributed by atoms with E-state index < -0.39 is 17.9 Å². The largest absolute Gasteiger partial charge is 0.506 e. The summed E-state index contributed by atoms with van der Waals surface area (Å²) in [5.74, 6) is -1.93. The third kappa shape index (κ3) is 3.10. The van der Waals surface area contributed by atoms with E-state index in [4.69, 9.17) is 10.8 Å². The van der Waals surface area contributed by atoms with Crippen molar-refractivity contribution in [1.29, 1.82) is 0 Å². The third-order valence-corrected chi connectivity index (χ3v) is 2.32. The lowest BCUT2D eigenvalue weighted by Crippen LogP contribution is -2.40. The number of rotatable bonds is 4. The Balaban J connectivity index is 2.99. The number of nitrogens with two attached hydrogens (primary N) is 1. The van der Waals surface area contributed by atoms with Crippen LogP contribution in [0.5, 0.6) is 5.75 Å². The highest BCUT2D eigenvalue weighted by molar-refractivity contribution is 5.93. The Kier molecular flexibility index (Phi) is 3.92. The molecule has 0 bridgehead atoms. The Morgan fingerprint density at radius 3 is 2.47 bits per heavy atom. The molecule has 0 spiro atoms. The molecule has 0 unspecified atom stereocenters. The fourth-order valence-electron chi connectivity index (χ4n) is 1.35. The van der Waals surface area contributed by atoms with Gasteiger partial charge in [0, 0.05) is 6.54 Å². The van der Waals surface area contributed by atoms with Gasteiger partial charge >= 0.3 is 12.0 Å². The number of urea groups is 1. The lowest BCUT2D eigenvalue weighted by atomic mass is 10.1. The van der Waals surface area contributed by atoms with Crippen molar-refractivity contribution in [3.8, 4) is 5.75 Å². The van der Waals surface area contributed by atoms with Crippen molar-refractivity contribution in [2.24, 2.45) is 11.7 Å². The molecule has 0 fully saturated rings. The number of carboxylic acid groups (broad SMARTS) is 1. The number of phenolic OH excluding ortho intramolecular Hbond substituents is 1. The van der Waals surface area contributed by atoms with Crippen LogP contribution in [0.3, 0.4) is 0 Å². The molecule has 1 rings (SSSR count). The SMILES string of the molecule is C[C@@H](CN(C(N)=O)c1ccccc1O)C(=O)O. The predicted octanol–water partition coefficient (Wildman–Crippen LogP) is 0.998. The smallest absolute Gasteiger partial charge is 0.319 e. The van der Waals surface area contributed by atoms with Gasteiger partial charge in [-0.1, -0.05) is 19.1 Å². The predicted molar refractivity (Wildman–Crippen MR) is 61.8 cm³/mol. The van der Waals surface area contributed by atoms with E-state index in [1.54, 1.807) is 12.1 Å². The maximum atomic E-state index is 11.3. The molecule has 1 aromatic carbocycles. The van der Waals surface area contributed by atoms with Crippen molar-refractivity contribution in [2.75, 3.05) is 11.4 Å². The number of hydrogen-bond acceptors (Lipinski definition) is 3. The second kappa shape index (κ2) is 5.20. The first kappa shape index (κ1) is 12.8. The van der Waals surface area contributed by atoms with Gasteiger partial charge in [0.2, 0.25) is 0 Å². The summed E-state index contributed by atoms with van der Waals surface area (Å²) in [7, 11) is 0. The Morgan fingerprint density at radius 1 is 1.41 bits per heavy atom. The number of primary amides is 1. The highest BCUT2D eigenvalue weighted by Gasteiger charge is 2.21. The van der Waals surface area contributed by atoms with E-state index in [1.807, 2.05) is 0 Å². The number of para-hydroxylation sites is 2. The molecule has 0 radical (unpaired) electrons. The van der Waals surface area contributed by atoms with Gasteiger partial charge in [-0.3, -0.25) is 9.69 Å². The van der Waals surface area contributed by atoms with Gasteiger partial charge in [-0.2, -0.15) is 0 Å². The molecule has 0 heterocycles. The number of carbonyl (C=O) groups excluding carboxylic acids is 1. The topological polar surface area (TPSA) is 104 Å². The van der Waals surface area contributed by atoms with E-state index in [0.717, 1.165) is 4.90 Å². The number of amides is 2. The Labute approximate surface area is 98.3 Å². The van der Waals surface area contributed by atoms with Crippen LogP contribution in [0.2, 0.25) is 0 Å². The van der Waals surface area contributed by atoms with Crippen LogP contribution in [0.15, 0.2) is 24.3 Å². The molecule has 4 N–H and O–H groups in total. The van der Waals surface area contributed by atoms with E-state index in [0.29, 0.717) is 0 Å². The standard InChI is InChI=1S/C11H14N2O4/c1-7(10(15)16)6-13(11(12)17)8-4-2-3-5-9(8)14/h2-5,7,14H,6H2,1H3,(H2,12,17)(H,15,16)/t7-/m0/s1. The zero-order chi connectivity index (χ0) is 13.0. The summed E-state index contributed by atoms with van der Waals surface area (Å²) in [5.41, 5.74) is 5.37. The maximum Gasteiger partial charge on any atom is 0.319 e. The molecule has 1 atom stereocenters. The average molecular weight is 238 g/mol. The van der Waals surface area contributed by atoms with Crippen molar-refractivity contribution in [2.45, 2.75) is 6.92 Å². The van der Waals surface area contributed by atoms with Crippen molar-refractivity contribution in [3.05, 3.63) is 24.3 Å². The Hall–Kier alpha value is -2.24. The summed E-state index contributed by atoms with van der Waals surface area (Å²) in [6.45, 7) is 1.36. The minimum atomic E-state index is -1.04. The Morgan fingerprint density at radius 2 is 2.00 bits per heavy atom. The summed E-state index contributed by atoms with van der Waals surface area (Å²) in [5, 5.41) is 18.4. The zero-order valence-corrected chi connectivity index (χ0v) is 9.33. The normalized spacial score (nSPS) is 11.8. The molecular formula is C11H14N2O4. The summed E-state index contributed by atoms with van der Waals surface area (Å²) in [6.07, 6.45) is 0. The van der Waals surface area contributed by atoms with Crippen LogP contribution in [-0.2, 0) is 4.79 Å². The van der Waals surface area contributed by atoms with E-state index in [-0.39, 0.29) is 18.0 Å². The number of phenols is 1. The molecule has 0 aliphatic carbocycles. The molecule has 0 aromatic heterocycles. The molecular weight excluding hydrogens is 224 g/mol. The van der Waals surface area contributed by atoms with Gasteiger partial charge in [0.15, 0.2) is 0 Å². The minimum absolute atomic E-state index is 0.0950. The van der Waals surface area contributed by atoms with Crippen LogP contribution in [0, 0.1) is 5.92 Å². The van der Waals surface area contributed by atoms with Crippen LogP contribution in [0.4, 0.5) is 10.5 Å². The number of carboxylic acids is 1. The van der Waals surface area contributed by atoms with Gasteiger partial charge in [-0.05, 0) is 12.1 Å². The first-order chi connectivity index (χ1) is 7.93. The molecule has 0 aliphatic rings. The molecule has 17 heavy (non-hydrogen) atoms. The van der Waals surface area contributed by atoms with Gasteiger partial charge in [0.1, 0.15) is 5.75 Å². The van der Waals surface area contributed by atoms with Crippen molar-refractivity contribution in [3.63, 3.8) is 0 Å². The summed E-state index contributed by atoms with van der Waals surface area (Å²) < 4.78 is 0. The molecule has 1 aromatic rings. The number of aliphatic carboxylic acids is 1. The van der Waals surface area contributed by atoms with Crippen molar-refractivity contribution in [1.82, 2.24) is 0 Å². The molecule has 92 valence electrons. The number of aromatic hydroxyl groups is 1. The molecule has 0 aliphatic heterocycles. The van der Waals surface area contributed by atoms with Gasteiger partial charge in [0.25, 0.3) is 0 Å². The van der Waals surface area contributed by atoms with Crippen molar-refractivity contribution < 1.29 is 19.8 Å². The van der Waals surface area contributed by atoms with Crippen LogP contribution in [-0.4, -0.2) is 28.8 Å². The first-order valence-electron chi connectivity index (χ1n) is 5.01. The maximum absolute atomic E-state index is 11.3. The van der Waals surface area contributed by atoms with Gasteiger partial charge in [0.05, 0.1) is 11.6 Å². The second-order valence-corrected chi connectivity index (χ2v) is 3.68. The molecule has 6 heteroatoms. The quantitative estimate of drug-likeness (QED) is 0.727. The minimum Gasteiger partial charge on any atom is -0.506 e. The fourth-order valence-corrected chi connectivity index (χ4v) is 1.35. The van der Waals surface area contributed by atoms with Gasteiger partial charge < -0.3 is 15.9 Å². The number of nitrogens with zero attached hydrogens (tertiary/aromatic N) is 1. The van der Waals surface area contributed by atoms with Crippen LogP contribution in [0.1, 0.15) is 6.92 Å². The van der Waals surface area contributed by atoms with Crippen LogP contribution >= 0.6 is 0 Å². The van der Waals surface area contributed by atoms with Crippen LogP contribution in [0.25, 0.3) is 0 Å². The second-order valence-electron chi connectivity index (χ2n) is 3.68. The lowest BCUT2D eigenvalue weighted by Gasteiger charge is -2.23. The fraction of sp³-hybridized carbons (Fsp3) is 0.273. The lowest BCUT2D eigenvalue weighted by molar-refractivity contribution is -0.140. The average Bonchev–Trinajstić information content (AvgIpc) is 2.26. The number of hydrogen-bond donors (Lipinski definition) is 3. The number of anilines is 1. The number of benzene rings is 1. The third-order valence-electron chi connectivity index (χ3n) is 2.32. The molecule has 0 saturated carbocycles. The summed E-state index contributed by atoms with van der Waals surface area (Å²) in [4.78, 5) is 23.0. The van der Waals surface area contributed by atoms with E-state index in [1.165, 1.54) is 19.1 Å². The highest BCUT2D eigenvalue weighted by Crippen LogP contribution is 2.26. The monoisotopic (exact) mass is 238 g/mol. The van der Waals surface area contributed by atoms with E-state index in [2.05, 4.69) is 0 Å². The van der Waals surface area contributed by atoms with Gasteiger partial charge in [-0.25, -0.2) is 4.79 Å². The molecule has 0 saturated heterocycles. The van der Waals surface area contributed by atoms with Crippen molar-refractivity contribution >= 4 is 17.7 Å². The molecule has 2 amide bonds.